The van der Waals surface area contributed by atoms with Gasteiger partial charge in [0.2, 0.25) is 0 Å². The highest BCUT2D eigenvalue weighted by Gasteiger charge is 2.28. The maximum Gasteiger partial charge on any atom is 0.290 e. The van der Waals surface area contributed by atoms with Crippen LogP contribution in [0.2, 0.25) is 0 Å². The molecule has 32 heavy (non-hydrogen) atoms. The minimum Gasteiger partial charge on any atom is -0.451 e. The highest BCUT2D eigenvalue weighted by molar-refractivity contribution is 7.98. The van der Waals surface area contributed by atoms with Crippen LogP contribution in [0, 0.1) is 0 Å². The number of thioether (sulfide) groups is 1. The van der Waals surface area contributed by atoms with Crippen molar-refractivity contribution in [3.8, 4) is 0 Å². The number of piperazine rings is 1. The van der Waals surface area contributed by atoms with Crippen molar-refractivity contribution in [2.24, 2.45) is 0 Å². The third-order valence-corrected chi connectivity index (χ3v) is 6.50. The molecule has 1 aliphatic rings. The molecular formula is C24H23N5O2S. The van der Waals surface area contributed by atoms with Gasteiger partial charge in [0.05, 0.1) is 0 Å². The van der Waals surface area contributed by atoms with Crippen molar-refractivity contribution < 1.29 is 9.21 Å². The number of furan rings is 1. The van der Waals surface area contributed by atoms with Gasteiger partial charge in [-0.25, -0.2) is 9.97 Å². The van der Waals surface area contributed by atoms with Crippen LogP contribution in [-0.2, 0) is 12.3 Å². The van der Waals surface area contributed by atoms with Gasteiger partial charge in [-0.05, 0) is 29.8 Å². The molecule has 0 saturated carbocycles. The second kappa shape index (κ2) is 9.50. The van der Waals surface area contributed by atoms with Crippen molar-refractivity contribution in [3.63, 3.8) is 0 Å². The summed E-state index contributed by atoms with van der Waals surface area (Å²) in [7, 11) is 0. The van der Waals surface area contributed by atoms with E-state index in [1.54, 1.807) is 18.5 Å². The van der Waals surface area contributed by atoms with Crippen molar-refractivity contribution in [1.29, 1.82) is 0 Å². The SMILES string of the molecule is O=C(c1oc2ccccc2c1CSc1ncccn1)N1CCN(Cc2ccncc2)CC1. The molecule has 1 fully saturated rings. The van der Waals surface area contributed by atoms with Gasteiger partial charge in [-0.2, -0.15) is 0 Å². The molecule has 8 heteroatoms. The van der Waals surface area contributed by atoms with Gasteiger partial charge in [0.15, 0.2) is 10.9 Å². The summed E-state index contributed by atoms with van der Waals surface area (Å²) < 4.78 is 6.06. The first-order valence-corrected chi connectivity index (χ1v) is 11.6. The van der Waals surface area contributed by atoms with E-state index in [9.17, 15) is 4.79 Å². The molecule has 1 amide bonds. The smallest absolute Gasteiger partial charge is 0.290 e. The number of hydrogen-bond donors (Lipinski definition) is 0. The largest absolute Gasteiger partial charge is 0.451 e. The topological polar surface area (TPSA) is 75.4 Å². The van der Waals surface area contributed by atoms with Gasteiger partial charge in [-0.3, -0.25) is 14.7 Å². The molecule has 5 rings (SSSR count). The lowest BCUT2D eigenvalue weighted by atomic mass is 10.1. The minimum absolute atomic E-state index is 0.0469. The Hall–Kier alpha value is -3.23. The van der Waals surface area contributed by atoms with Crippen LogP contribution >= 0.6 is 11.8 Å². The zero-order valence-corrected chi connectivity index (χ0v) is 18.4. The molecule has 7 nitrogen and oxygen atoms in total. The predicted molar refractivity (Wildman–Crippen MR) is 123 cm³/mol. The molecule has 0 unspecified atom stereocenters. The number of aromatic nitrogens is 3. The number of pyridine rings is 1. The number of benzene rings is 1. The monoisotopic (exact) mass is 445 g/mol. The number of nitrogens with zero attached hydrogens (tertiary/aromatic N) is 5. The second-order valence-corrected chi connectivity index (χ2v) is 8.59. The van der Waals surface area contributed by atoms with E-state index in [1.165, 1.54) is 17.3 Å². The molecule has 0 atom stereocenters. The Labute approximate surface area is 190 Å². The van der Waals surface area contributed by atoms with E-state index in [1.807, 2.05) is 53.7 Å². The van der Waals surface area contributed by atoms with E-state index in [4.69, 9.17) is 4.42 Å². The lowest BCUT2D eigenvalue weighted by Gasteiger charge is -2.34. The normalized spacial score (nSPS) is 14.7. The molecule has 0 N–H and O–H groups in total. The highest BCUT2D eigenvalue weighted by Crippen LogP contribution is 2.32. The van der Waals surface area contributed by atoms with Crippen molar-refractivity contribution in [1.82, 2.24) is 24.8 Å². The van der Waals surface area contributed by atoms with Gasteiger partial charge >= 0.3 is 0 Å². The van der Waals surface area contributed by atoms with Crippen LogP contribution < -0.4 is 0 Å². The zero-order valence-electron chi connectivity index (χ0n) is 17.6. The fourth-order valence-corrected chi connectivity index (χ4v) is 4.74. The maximum atomic E-state index is 13.4. The summed E-state index contributed by atoms with van der Waals surface area (Å²) in [5.41, 5.74) is 2.87. The average molecular weight is 446 g/mol. The molecular weight excluding hydrogens is 422 g/mol. The summed E-state index contributed by atoms with van der Waals surface area (Å²) in [6.07, 6.45) is 7.08. The van der Waals surface area contributed by atoms with Crippen molar-refractivity contribution >= 4 is 28.6 Å². The zero-order chi connectivity index (χ0) is 21.8. The van der Waals surface area contributed by atoms with Gasteiger partial charge in [0, 0.05) is 74.2 Å². The number of carbonyl (C=O) groups is 1. The lowest BCUT2D eigenvalue weighted by molar-refractivity contribution is 0.0599. The molecule has 1 aliphatic heterocycles. The van der Waals surface area contributed by atoms with Crippen LogP contribution in [0.15, 0.2) is 76.8 Å². The molecule has 0 spiro atoms. The number of carbonyl (C=O) groups excluding carboxylic acids is 1. The van der Waals surface area contributed by atoms with Crippen molar-refractivity contribution in [2.75, 3.05) is 26.2 Å². The lowest BCUT2D eigenvalue weighted by Crippen LogP contribution is -2.48. The first-order valence-electron chi connectivity index (χ1n) is 10.6. The van der Waals surface area contributed by atoms with Crippen LogP contribution in [0.25, 0.3) is 11.0 Å². The van der Waals surface area contributed by atoms with Crippen LogP contribution in [0.3, 0.4) is 0 Å². The van der Waals surface area contributed by atoms with Crippen LogP contribution in [0.4, 0.5) is 0 Å². The first kappa shape index (κ1) is 20.7. The summed E-state index contributed by atoms with van der Waals surface area (Å²) >= 11 is 1.51. The van der Waals surface area contributed by atoms with Gasteiger partial charge in [0.25, 0.3) is 5.91 Å². The molecule has 0 aliphatic carbocycles. The van der Waals surface area contributed by atoms with Gasteiger partial charge in [0.1, 0.15) is 5.58 Å². The van der Waals surface area contributed by atoms with E-state index in [0.717, 1.165) is 36.2 Å². The van der Waals surface area contributed by atoms with Gasteiger partial charge in [-0.1, -0.05) is 30.0 Å². The summed E-state index contributed by atoms with van der Waals surface area (Å²) in [4.78, 5) is 30.3. The number of amides is 1. The third kappa shape index (κ3) is 4.51. The summed E-state index contributed by atoms with van der Waals surface area (Å²) in [5.74, 6) is 0.955. The fraction of sp³-hybridized carbons (Fsp3) is 0.250. The van der Waals surface area contributed by atoms with Crippen molar-refractivity contribution in [3.05, 3.63) is 84.1 Å². The number of hydrogen-bond acceptors (Lipinski definition) is 7. The van der Waals surface area contributed by atoms with E-state index in [2.05, 4.69) is 19.9 Å². The summed E-state index contributed by atoms with van der Waals surface area (Å²) in [6, 6.07) is 13.7. The van der Waals surface area contributed by atoms with Crippen LogP contribution in [0.1, 0.15) is 21.7 Å². The Morgan fingerprint density at radius 3 is 2.47 bits per heavy atom. The molecule has 0 bridgehead atoms. The summed E-state index contributed by atoms with van der Waals surface area (Å²) in [5, 5.41) is 1.65. The standard InChI is InChI=1S/C24H23N5O2S/c30-23(29-14-12-28(13-15-29)16-18-6-10-25-11-7-18)22-20(17-32-24-26-8-3-9-27-24)19-4-1-2-5-21(19)31-22/h1-11H,12-17H2. The second-order valence-electron chi connectivity index (χ2n) is 7.65. The Balaban J connectivity index is 1.31. The van der Waals surface area contributed by atoms with Gasteiger partial charge < -0.3 is 9.32 Å². The van der Waals surface area contributed by atoms with E-state index in [-0.39, 0.29) is 5.91 Å². The minimum atomic E-state index is -0.0469. The molecule has 1 saturated heterocycles. The molecule has 162 valence electrons. The quantitative estimate of drug-likeness (QED) is 0.329. The van der Waals surface area contributed by atoms with Crippen LogP contribution in [-0.4, -0.2) is 56.8 Å². The van der Waals surface area contributed by atoms with Gasteiger partial charge in [-0.15, -0.1) is 0 Å². The molecule has 4 aromatic rings. The molecule has 3 aromatic heterocycles. The Kier molecular flexibility index (Phi) is 6.13. The average Bonchev–Trinajstić information content (AvgIpc) is 3.23. The number of fused-ring (bicyclic) bond motifs is 1. The summed E-state index contributed by atoms with van der Waals surface area (Å²) in [6.45, 7) is 3.88. The Morgan fingerprint density at radius 2 is 1.69 bits per heavy atom. The van der Waals surface area contributed by atoms with E-state index >= 15 is 0 Å². The predicted octanol–water partition coefficient (Wildman–Crippen LogP) is 3.87. The first-order chi connectivity index (χ1) is 15.8. The molecule has 1 aromatic carbocycles. The third-order valence-electron chi connectivity index (χ3n) is 5.60. The van der Waals surface area contributed by atoms with Crippen molar-refractivity contribution in [2.45, 2.75) is 17.5 Å². The Morgan fingerprint density at radius 1 is 0.938 bits per heavy atom. The number of para-hydroxylation sites is 1. The maximum absolute atomic E-state index is 13.4. The fourth-order valence-electron chi connectivity index (χ4n) is 3.91. The van der Waals surface area contributed by atoms with Crippen LogP contribution in [0.5, 0.6) is 0 Å². The number of rotatable bonds is 6. The molecule has 4 heterocycles. The van der Waals surface area contributed by atoms with E-state index in [0.29, 0.717) is 29.8 Å². The Bertz CT molecular complexity index is 1190. The van der Waals surface area contributed by atoms with E-state index < -0.39 is 0 Å². The highest BCUT2D eigenvalue weighted by atomic mass is 32.2. The molecule has 0 radical (unpaired) electrons.